The summed E-state index contributed by atoms with van der Waals surface area (Å²) in [6.45, 7) is 2.87. The van der Waals surface area contributed by atoms with E-state index in [1.165, 1.54) is 44.9 Å². The van der Waals surface area contributed by atoms with Gasteiger partial charge in [-0.15, -0.1) is 0 Å². The van der Waals surface area contributed by atoms with Crippen LogP contribution in [0.5, 0.6) is 0 Å². The average Bonchev–Trinajstić information content (AvgIpc) is 2.59. The summed E-state index contributed by atoms with van der Waals surface area (Å²) in [5, 5.41) is 9.22. The molecule has 0 spiro atoms. The van der Waals surface area contributed by atoms with Crippen LogP contribution in [0.15, 0.2) is 0 Å². The van der Waals surface area contributed by atoms with Crippen molar-refractivity contribution in [2.24, 2.45) is 5.73 Å². The zero-order valence-electron chi connectivity index (χ0n) is 17.0. The predicted octanol–water partition coefficient (Wildman–Crippen LogP) is 3.29. The van der Waals surface area contributed by atoms with Crippen molar-refractivity contribution in [3.05, 3.63) is 0 Å². The monoisotopic (exact) mass is 423 g/mol. The fraction of sp³-hybridized carbons (Fsp3) is 0.895. The summed E-state index contributed by atoms with van der Waals surface area (Å²) < 4.78 is 35.1. The molecule has 1 amide bonds. The lowest BCUT2D eigenvalue weighted by atomic mass is 9.98. The van der Waals surface area contributed by atoms with E-state index in [2.05, 4.69) is 6.92 Å². The Morgan fingerprint density at radius 2 is 1.36 bits per heavy atom. The van der Waals surface area contributed by atoms with Crippen molar-refractivity contribution in [1.29, 1.82) is 0 Å². The van der Waals surface area contributed by atoms with Crippen molar-refractivity contribution in [2.75, 3.05) is 13.2 Å². The minimum absolute atomic E-state index is 0.0805. The Hall–Kier alpha value is -1.19. The largest absolute Gasteiger partial charge is 0.480 e. The zero-order chi connectivity index (χ0) is 21.5. The SMILES string of the molecule is CCCCCCCCCCCCOCCCC(CC(N)=O)(C(=O)O)S(=O)(=O)O. The highest BCUT2D eigenvalue weighted by Gasteiger charge is 2.51. The Balaban J connectivity index is 3.93. The first-order valence-corrected chi connectivity index (χ1v) is 11.7. The molecule has 0 fully saturated rings. The number of primary amides is 1. The van der Waals surface area contributed by atoms with Crippen molar-refractivity contribution < 1.29 is 32.4 Å². The first-order chi connectivity index (χ1) is 13.2. The molecular formula is C19H37NO7S. The molecular weight excluding hydrogens is 386 g/mol. The quantitative estimate of drug-likeness (QED) is 0.213. The standard InChI is InChI=1S/C19H37NO7S/c1-2-3-4-5-6-7-8-9-10-11-14-27-15-12-13-19(18(22)23,16-17(20)21)28(24,25)26/h2-16H2,1H3,(H2,20,21)(H,22,23)(H,24,25,26). The second kappa shape index (κ2) is 14.8. The zero-order valence-corrected chi connectivity index (χ0v) is 17.8. The van der Waals surface area contributed by atoms with Crippen LogP contribution in [0.2, 0.25) is 0 Å². The summed E-state index contributed by atoms with van der Waals surface area (Å²) in [5.41, 5.74) is 4.95. The molecule has 0 aliphatic rings. The number of carbonyl (C=O) groups excluding carboxylic acids is 1. The molecule has 0 rings (SSSR count). The van der Waals surface area contributed by atoms with Gasteiger partial charge in [0.2, 0.25) is 10.7 Å². The van der Waals surface area contributed by atoms with Crippen molar-refractivity contribution in [2.45, 2.75) is 95.1 Å². The maximum absolute atomic E-state index is 11.5. The molecule has 9 heteroatoms. The van der Waals surface area contributed by atoms with E-state index in [9.17, 15) is 27.7 Å². The van der Waals surface area contributed by atoms with Crippen LogP contribution in [-0.2, 0) is 24.4 Å². The highest BCUT2D eigenvalue weighted by molar-refractivity contribution is 7.88. The molecule has 0 aromatic carbocycles. The van der Waals surface area contributed by atoms with E-state index < -0.39 is 39.6 Å². The normalized spacial score (nSPS) is 13.9. The van der Waals surface area contributed by atoms with Gasteiger partial charge >= 0.3 is 5.97 Å². The molecule has 0 heterocycles. The maximum atomic E-state index is 11.5. The van der Waals surface area contributed by atoms with Gasteiger partial charge in [-0.1, -0.05) is 64.7 Å². The molecule has 8 nitrogen and oxygen atoms in total. The van der Waals surface area contributed by atoms with E-state index >= 15 is 0 Å². The summed E-state index contributed by atoms with van der Waals surface area (Å²) in [6.07, 6.45) is 10.8. The average molecular weight is 424 g/mol. The summed E-state index contributed by atoms with van der Waals surface area (Å²) in [4.78, 5) is 22.4. The summed E-state index contributed by atoms with van der Waals surface area (Å²) in [5.74, 6) is -2.89. The highest BCUT2D eigenvalue weighted by Crippen LogP contribution is 2.27. The molecule has 0 saturated carbocycles. The highest BCUT2D eigenvalue weighted by atomic mass is 32.2. The van der Waals surface area contributed by atoms with Gasteiger partial charge in [0.1, 0.15) is 0 Å². The van der Waals surface area contributed by atoms with Gasteiger partial charge in [-0.2, -0.15) is 8.42 Å². The van der Waals surface area contributed by atoms with Crippen LogP contribution in [0.25, 0.3) is 0 Å². The summed E-state index contributed by atoms with van der Waals surface area (Å²) in [7, 11) is -4.99. The van der Waals surface area contributed by atoms with Gasteiger partial charge < -0.3 is 15.6 Å². The second-order valence-electron chi connectivity index (χ2n) is 7.32. The molecule has 0 aliphatic carbocycles. The van der Waals surface area contributed by atoms with E-state index in [0.717, 1.165) is 19.3 Å². The van der Waals surface area contributed by atoms with Crippen LogP contribution in [0.1, 0.15) is 90.4 Å². The lowest BCUT2D eigenvalue weighted by molar-refractivity contribution is -0.142. The van der Waals surface area contributed by atoms with Crippen molar-refractivity contribution in [3.8, 4) is 0 Å². The molecule has 1 unspecified atom stereocenters. The van der Waals surface area contributed by atoms with E-state index in [1.807, 2.05) is 0 Å². The van der Waals surface area contributed by atoms with Crippen LogP contribution in [0.3, 0.4) is 0 Å². The number of nitrogens with two attached hydrogens (primary N) is 1. The number of carboxylic acid groups (broad SMARTS) is 1. The molecule has 1 atom stereocenters. The molecule has 28 heavy (non-hydrogen) atoms. The summed E-state index contributed by atoms with van der Waals surface area (Å²) in [6, 6.07) is 0. The number of hydrogen-bond acceptors (Lipinski definition) is 5. The Morgan fingerprint density at radius 3 is 1.79 bits per heavy atom. The van der Waals surface area contributed by atoms with Crippen molar-refractivity contribution in [1.82, 2.24) is 0 Å². The first-order valence-electron chi connectivity index (χ1n) is 10.2. The third kappa shape index (κ3) is 11.0. The molecule has 0 saturated heterocycles. The predicted molar refractivity (Wildman–Crippen MR) is 108 cm³/mol. The number of hydrogen-bond donors (Lipinski definition) is 3. The van der Waals surface area contributed by atoms with Crippen molar-refractivity contribution in [3.63, 3.8) is 0 Å². The fourth-order valence-corrected chi connectivity index (χ4v) is 4.08. The van der Waals surface area contributed by atoms with Crippen LogP contribution in [0.4, 0.5) is 0 Å². The molecule has 0 aromatic rings. The van der Waals surface area contributed by atoms with Gasteiger partial charge in [-0.25, -0.2) is 0 Å². The number of aliphatic carboxylic acids is 1. The minimum Gasteiger partial charge on any atom is -0.480 e. The molecule has 0 aliphatic heterocycles. The smallest absolute Gasteiger partial charge is 0.328 e. The number of unbranched alkanes of at least 4 members (excludes halogenated alkanes) is 9. The third-order valence-electron chi connectivity index (χ3n) is 4.85. The Bertz CT molecular complexity index is 550. The van der Waals surface area contributed by atoms with Crippen LogP contribution in [0, 0.1) is 0 Å². The van der Waals surface area contributed by atoms with Crippen LogP contribution in [-0.4, -0.2) is 47.9 Å². The van der Waals surface area contributed by atoms with Gasteiger partial charge in [0.15, 0.2) is 0 Å². The maximum Gasteiger partial charge on any atom is 0.328 e. The van der Waals surface area contributed by atoms with Gasteiger partial charge in [-0.05, 0) is 19.3 Å². The molecule has 4 N–H and O–H groups in total. The third-order valence-corrected chi connectivity index (χ3v) is 6.37. The number of amides is 1. The molecule has 0 bridgehead atoms. The van der Waals surface area contributed by atoms with Gasteiger partial charge in [0, 0.05) is 13.2 Å². The Kier molecular flexibility index (Phi) is 14.1. The molecule has 0 radical (unpaired) electrons. The van der Waals surface area contributed by atoms with E-state index in [0.29, 0.717) is 6.61 Å². The second-order valence-corrected chi connectivity index (χ2v) is 9.05. The fourth-order valence-electron chi connectivity index (χ4n) is 3.14. The van der Waals surface area contributed by atoms with Gasteiger partial charge in [-0.3, -0.25) is 14.1 Å². The number of carboxylic acids is 1. The van der Waals surface area contributed by atoms with Gasteiger partial charge in [0.25, 0.3) is 10.1 Å². The first kappa shape index (κ1) is 26.8. The van der Waals surface area contributed by atoms with Gasteiger partial charge in [0.05, 0.1) is 6.42 Å². The minimum atomic E-state index is -4.99. The summed E-state index contributed by atoms with van der Waals surface area (Å²) >= 11 is 0. The van der Waals surface area contributed by atoms with E-state index in [4.69, 9.17) is 10.5 Å². The van der Waals surface area contributed by atoms with Crippen LogP contribution < -0.4 is 5.73 Å². The van der Waals surface area contributed by atoms with E-state index in [-0.39, 0.29) is 13.0 Å². The number of carbonyl (C=O) groups is 2. The van der Waals surface area contributed by atoms with Crippen molar-refractivity contribution >= 4 is 22.0 Å². The lowest BCUT2D eigenvalue weighted by Crippen LogP contribution is -2.49. The Labute approximate surface area is 169 Å². The number of rotatable bonds is 19. The topological polar surface area (TPSA) is 144 Å². The van der Waals surface area contributed by atoms with Crippen LogP contribution >= 0.6 is 0 Å². The molecule has 166 valence electrons. The van der Waals surface area contributed by atoms with E-state index in [1.54, 1.807) is 0 Å². The number of ether oxygens (including phenoxy) is 1. The Morgan fingerprint density at radius 1 is 0.893 bits per heavy atom. The molecule has 0 aromatic heterocycles. The lowest BCUT2D eigenvalue weighted by Gasteiger charge is -2.24.